The predicted molar refractivity (Wildman–Crippen MR) is 114 cm³/mol. The van der Waals surface area contributed by atoms with Crippen LogP contribution in [0.1, 0.15) is 29.0 Å². The molecule has 0 atom stereocenters. The number of fused-ring (bicyclic) bond motifs is 2. The van der Waals surface area contributed by atoms with Gasteiger partial charge in [0.2, 0.25) is 10.0 Å². The van der Waals surface area contributed by atoms with E-state index in [0.717, 1.165) is 20.8 Å². The largest absolute Gasteiger partial charge is 0.435 e. The minimum atomic E-state index is -3.59. The van der Waals surface area contributed by atoms with Gasteiger partial charge < -0.3 is 4.74 Å². The third kappa shape index (κ3) is 4.85. The van der Waals surface area contributed by atoms with E-state index in [9.17, 15) is 17.2 Å². The maximum atomic E-state index is 12.6. The van der Waals surface area contributed by atoms with Crippen molar-refractivity contribution in [3.05, 3.63) is 63.5 Å². The van der Waals surface area contributed by atoms with Crippen molar-refractivity contribution in [2.75, 3.05) is 6.54 Å². The first kappa shape index (κ1) is 20.9. The highest BCUT2D eigenvalue weighted by molar-refractivity contribution is 7.93. The van der Waals surface area contributed by atoms with Crippen LogP contribution in [0, 0.1) is 0 Å². The zero-order valence-corrected chi connectivity index (χ0v) is 17.6. The summed E-state index contributed by atoms with van der Waals surface area (Å²) in [6, 6.07) is 12.5. The maximum absolute atomic E-state index is 12.6. The van der Waals surface area contributed by atoms with Crippen LogP contribution in [0.2, 0.25) is 0 Å². The number of ether oxygens (including phenoxy) is 1. The second kappa shape index (κ2) is 8.79. The second-order valence-corrected chi connectivity index (χ2v) is 9.86. The van der Waals surface area contributed by atoms with Gasteiger partial charge in [0.15, 0.2) is 0 Å². The van der Waals surface area contributed by atoms with Gasteiger partial charge in [0, 0.05) is 13.0 Å². The number of hydrogen-bond donors (Lipinski definition) is 1. The average molecular weight is 451 g/mol. The fourth-order valence-electron chi connectivity index (χ4n) is 3.40. The standard InChI is InChI=1S/C21H20F2N2O3S2/c22-21(23)28-16-9-7-15-13-17(10-8-14(15)12-16)30(26,27)24-11-3-6-20-25-18-4-1-2-5-19(18)29-20/h1-2,4-5,7,9,12-13,21,24H,3,6,8,10-11H2. The molecular formula is C21H20F2N2O3S2. The molecule has 1 aliphatic carbocycles. The van der Waals surface area contributed by atoms with Gasteiger partial charge in [-0.3, -0.25) is 0 Å². The highest BCUT2D eigenvalue weighted by atomic mass is 32.2. The molecule has 0 radical (unpaired) electrons. The van der Waals surface area contributed by atoms with Gasteiger partial charge in [-0.15, -0.1) is 11.3 Å². The van der Waals surface area contributed by atoms with Crippen molar-refractivity contribution in [3.63, 3.8) is 0 Å². The summed E-state index contributed by atoms with van der Waals surface area (Å²) in [7, 11) is -3.59. The summed E-state index contributed by atoms with van der Waals surface area (Å²) in [4.78, 5) is 4.86. The molecule has 30 heavy (non-hydrogen) atoms. The highest BCUT2D eigenvalue weighted by Gasteiger charge is 2.22. The molecule has 0 aliphatic heterocycles. The first-order valence-electron chi connectivity index (χ1n) is 9.53. The van der Waals surface area contributed by atoms with Crippen molar-refractivity contribution in [1.29, 1.82) is 0 Å². The lowest BCUT2D eigenvalue weighted by Gasteiger charge is -2.18. The number of rotatable bonds is 8. The molecule has 0 unspecified atom stereocenters. The third-order valence-corrected chi connectivity index (χ3v) is 7.53. The number of thiazole rings is 1. The van der Waals surface area contributed by atoms with Crippen LogP contribution in [-0.4, -0.2) is 26.6 Å². The molecule has 5 nitrogen and oxygen atoms in total. The Kier molecular flexibility index (Phi) is 6.12. The van der Waals surface area contributed by atoms with Crippen molar-refractivity contribution in [2.45, 2.75) is 32.3 Å². The number of nitrogens with zero attached hydrogens (tertiary/aromatic N) is 1. The van der Waals surface area contributed by atoms with Gasteiger partial charge >= 0.3 is 6.61 Å². The lowest BCUT2D eigenvalue weighted by molar-refractivity contribution is -0.0498. The molecule has 3 aromatic rings. The summed E-state index contributed by atoms with van der Waals surface area (Å²) in [5.74, 6) is 0.0800. The van der Waals surface area contributed by atoms with Crippen LogP contribution in [0.5, 0.6) is 5.75 Å². The first-order chi connectivity index (χ1) is 14.4. The van der Waals surface area contributed by atoms with Crippen LogP contribution < -0.4 is 9.46 Å². The summed E-state index contributed by atoms with van der Waals surface area (Å²) in [5.41, 5.74) is 2.46. The minimum absolute atomic E-state index is 0.0800. The normalized spacial score (nSPS) is 14.0. The Balaban J connectivity index is 1.35. The van der Waals surface area contributed by atoms with E-state index in [4.69, 9.17) is 0 Å². The van der Waals surface area contributed by atoms with Crippen molar-refractivity contribution in [1.82, 2.24) is 9.71 Å². The molecular weight excluding hydrogens is 430 g/mol. The van der Waals surface area contributed by atoms with Crippen LogP contribution >= 0.6 is 11.3 Å². The maximum Gasteiger partial charge on any atom is 0.387 e. The molecule has 1 aliphatic rings. The summed E-state index contributed by atoms with van der Waals surface area (Å²) >= 11 is 1.62. The molecule has 158 valence electrons. The Morgan fingerprint density at radius 1 is 1.17 bits per heavy atom. The van der Waals surface area contributed by atoms with Crippen molar-refractivity contribution < 1.29 is 21.9 Å². The predicted octanol–water partition coefficient (Wildman–Crippen LogP) is 4.74. The average Bonchev–Trinajstić information content (AvgIpc) is 3.13. The van der Waals surface area contributed by atoms with Gasteiger partial charge in [0.25, 0.3) is 0 Å². The van der Waals surface area contributed by atoms with E-state index in [1.807, 2.05) is 24.3 Å². The summed E-state index contributed by atoms with van der Waals surface area (Å²) in [6.45, 7) is -2.56. The van der Waals surface area contributed by atoms with Crippen LogP contribution in [-0.2, 0) is 22.9 Å². The molecule has 0 fully saturated rings. The van der Waals surface area contributed by atoms with Gasteiger partial charge in [-0.2, -0.15) is 8.78 Å². The van der Waals surface area contributed by atoms with Crippen LogP contribution in [0.15, 0.2) is 47.4 Å². The first-order valence-corrected chi connectivity index (χ1v) is 11.8. The summed E-state index contributed by atoms with van der Waals surface area (Å²) in [6.07, 6.45) is 3.72. The number of halogens is 2. The molecule has 0 amide bonds. The Hall–Kier alpha value is -2.36. The molecule has 1 N–H and O–H groups in total. The summed E-state index contributed by atoms with van der Waals surface area (Å²) in [5, 5.41) is 0.989. The fourth-order valence-corrected chi connectivity index (χ4v) is 5.66. The van der Waals surface area contributed by atoms with E-state index >= 15 is 0 Å². The zero-order chi connectivity index (χ0) is 21.1. The number of para-hydroxylation sites is 1. The molecule has 0 spiro atoms. The number of benzene rings is 2. The molecule has 0 bridgehead atoms. The number of allylic oxidation sites excluding steroid dienone is 1. The van der Waals surface area contributed by atoms with Gasteiger partial charge in [-0.25, -0.2) is 18.1 Å². The van der Waals surface area contributed by atoms with Crippen molar-refractivity contribution in [3.8, 4) is 5.75 Å². The second-order valence-electron chi connectivity index (χ2n) is 6.93. The smallest absolute Gasteiger partial charge is 0.387 e. The van der Waals surface area contributed by atoms with Crippen LogP contribution in [0.25, 0.3) is 16.3 Å². The quantitative estimate of drug-likeness (QED) is 0.504. The van der Waals surface area contributed by atoms with E-state index in [1.54, 1.807) is 23.5 Å². The van der Waals surface area contributed by atoms with Gasteiger partial charge in [0.05, 0.1) is 20.1 Å². The lowest BCUT2D eigenvalue weighted by Crippen LogP contribution is -2.27. The topological polar surface area (TPSA) is 68.3 Å². The number of hydrogen-bond acceptors (Lipinski definition) is 5. The van der Waals surface area contributed by atoms with E-state index in [1.165, 1.54) is 12.1 Å². The van der Waals surface area contributed by atoms with Gasteiger partial charge in [-0.05, 0) is 60.7 Å². The Labute approximate surface area is 177 Å². The van der Waals surface area contributed by atoms with Gasteiger partial charge in [0.1, 0.15) is 5.75 Å². The number of aryl methyl sites for hydroxylation is 2. The Morgan fingerprint density at radius 3 is 2.80 bits per heavy atom. The fraction of sp³-hybridized carbons (Fsp3) is 0.286. The van der Waals surface area contributed by atoms with Crippen LogP contribution in [0.4, 0.5) is 8.78 Å². The van der Waals surface area contributed by atoms with Crippen molar-refractivity contribution in [2.24, 2.45) is 0 Å². The van der Waals surface area contributed by atoms with E-state index in [-0.39, 0.29) is 5.75 Å². The lowest BCUT2D eigenvalue weighted by atomic mass is 9.97. The number of alkyl halides is 2. The van der Waals surface area contributed by atoms with Gasteiger partial charge in [-0.1, -0.05) is 18.2 Å². The Morgan fingerprint density at radius 2 is 2.00 bits per heavy atom. The Bertz CT molecular complexity index is 1160. The third-order valence-electron chi connectivity index (χ3n) is 4.84. The zero-order valence-electron chi connectivity index (χ0n) is 16.0. The SMILES string of the molecule is O=S(=O)(NCCCc1nc2ccccc2s1)C1=Cc2ccc(OC(F)F)cc2CC1. The number of sulfonamides is 1. The minimum Gasteiger partial charge on any atom is -0.435 e. The molecule has 1 heterocycles. The molecule has 4 rings (SSSR count). The number of nitrogens with one attached hydrogen (secondary N) is 1. The van der Waals surface area contributed by atoms with E-state index in [0.29, 0.717) is 42.7 Å². The monoisotopic (exact) mass is 450 g/mol. The highest BCUT2D eigenvalue weighted by Crippen LogP contribution is 2.30. The molecule has 2 aromatic carbocycles. The molecule has 0 saturated carbocycles. The molecule has 1 aromatic heterocycles. The van der Waals surface area contributed by atoms with E-state index in [2.05, 4.69) is 14.4 Å². The van der Waals surface area contributed by atoms with Crippen LogP contribution in [0.3, 0.4) is 0 Å². The molecule has 9 heteroatoms. The van der Waals surface area contributed by atoms with Crippen molar-refractivity contribution >= 4 is 37.7 Å². The number of aromatic nitrogens is 1. The summed E-state index contributed by atoms with van der Waals surface area (Å²) < 4.78 is 58.2. The molecule has 0 saturated heterocycles. The van der Waals surface area contributed by atoms with E-state index < -0.39 is 16.6 Å².